The van der Waals surface area contributed by atoms with Crippen LogP contribution in [-0.2, 0) is 0 Å². The molecule has 1 aromatic heterocycles. The predicted octanol–water partition coefficient (Wildman–Crippen LogP) is 1.43. The molecule has 2 heterocycles. The summed E-state index contributed by atoms with van der Waals surface area (Å²) in [5, 5.41) is 12.7. The molecule has 1 aromatic rings. The summed E-state index contributed by atoms with van der Waals surface area (Å²) >= 11 is 0. The zero-order valence-corrected chi connectivity index (χ0v) is 11.7. The van der Waals surface area contributed by atoms with Gasteiger partial charge >= 0.3 is 0 Å². The predicted molar refractivity (Wildman–Crippen MR) is 73.7 cm³/mol. The van der Waals surface area contributed by atoms with E-state index in [0.717, 1.165) is 0 Å². The number of amides is 1. The van der Waals surface area contributed by atoms with E-state index in [9.17, 15) is 4.79 Å². The van der Waals surface area contributed by atoms with E-state index < -0.39 is 0 Å². The Morgan fingerprint density at radius 1 is 1.26 bits per heavy atom. The van der Waals surface area contributed by atoms with Crippen LogP contribution in [0.25, 0.3) is 0 Å². The van der Waals surface area contributed by atoms with Crippen LogP contribution in [-0.4, -0.2) is 40.2 Å². The van der Waals surface area contributed by atoms with E-state index in [2.05, 4.69) is 39.8 Å². The first-order valence-electron chi connectivity index (χ1n) is 6.72. The Morgan fingerprint density at radius 3 is 2.47 bits per heavy atom. The van der Waals surface area contributed by atoms with Crippen molar-refractivity contribution in [2.24, 2.45) is 0 Å². The second-order valence-corrected chi connectivity index (χ2v) is 5.03. The van der Waals surface area contributed by atoms with Crippen molar-refractivity contribution in [2.75, 3.05) is 12.5 Å². The average Bonchev–Trinajstić information content (AvgIpc) is 2.43. The molecule has 0 aliphatic carbocycles. The van der Waals surface area contributed by atoms with Crippen molar-refractivity contribution in [3.05, 3.63) is 17.8 Å². The summed E-state index contributed by atoms with van der Waals surface area (Å²) < 4.78 is 0. The molecule has 2 N–H and O–H groups in total. The molecule has 1 fully saturated rings. The van der Waals surface area contributed by atoms with E-state index in [-0.39, 0.29) is 5.91 Å². The second kappa shape index (κ2) is 5.97. The molecule has 1 aliphatic rings. The van der Waals surface area contributed by atoms with E-state index in [1.165, 1.54) is 19.3 Å². The van der Waals surface area contributed by atoms with Gasteiger partial charge in [0.15, 0.2) is 11.5 Å². The average molecular weight is 263 g/mol. The highest BCUT2D eigenvalue weighted by molar-refractivity contribution is 5.91. The standard InChI is InChI=1S/C13H21N5O/c1-9-5-4-6-10(2)18(9)17-12-8-7-11(15-16-12)13(19)14-3/h7-10H,4-6H2,1-3H3,(H,14,19)(H,16,17). The van der Waals surface area contributed by atoms with E-state index >= 15 is 0 Å². The number of aromatic nitrogens is 2. The Labute approximate surface area is 113 Å². The fraction of sp³-hybridized carbons (Fsp3) is 0.615. The molecule has 0 bridgehead atoms. The number of nitrogens with zero attached hydrogens (tertiary/aromatic N) is 3. The molecule has 19 heavy (non-hydrogen) atoms. The summed E-state index contributed by atoms with van der Waals surface area (Å²) in [6.45, 7) is 4.41. The van der Waals surface area contributed by atoms with Gasteiger partial charge in [0.1, 0.15) is 0 Å². The SMILES string of the molecule is CNC(=O)c1ccc(NN2C(C)CCCC2C)nn1. The zero-order valence-electron chi connectivity index (χ0n) is 11.7. The Hall–Kier alpha value is -1.69. The number of nitrogens with one attached hydrogen (secondary N) is 2. The monoisotopic (exact) mass is 263 g/mol. The number of carbonyl (C=O) groups excluding carboxylic acids is 1. The van der Waals surface area contributed by atoms with Crippen LogP contribution in [0, 0.1) is 0 Å². The quantitative estimate of drug-likeness (QED) is 0.863. The van der Waals surface area contributed by atoms with Crippen LogP contribution < -0.4 is 10.7 Å². The molecule has 1 amide bonds. The summed E-state index contributed by atoms with van der Waals surface area (Å²) in [6.07, 6.45) is 3.63. The largest absolute Gasteiger partial charge is 0.354 e. The third-order valence-corrected chi connectivity index (χ3v) is 3.56. The maximum Gasteiger partial charge on any atom is 0.271 e. The van der Waals surface area contributed by atoms with Gasteiger partial charge in [-0.1, -0.05) is 6.42 Å². The lowest BCUT2D eigenvalue weighted by Gasteiger charge is -2.38. The summed E-state index contributed by atoms with van der Waals surface area (Å²) in [7, 11) is 1.58. The van der Waals surface area contributed by atoms with Gasteiger partial charge < -0.3 is 10.7 Å². The van der Waals surface area contributed by atoms with Crippen molar-refractivity contribution in [3.63, 3.8) is 0 Å². The molecule has 0 saturated carbocycles. The number of hydrogen-bond donors (Lipinski definition) is 2. The summed E-state index contributed by atoms with van der Waals surface area (Å²) in [6, 6.07) is 4.41. The molecule has 0 spiro atoms. The third kappa shape index (κ3) is 3.20. The molecule has 1 aliphatic heterocycles. The number of anilines is 1. The molecule has 6 nitrogen and oxygen atoms in total. The van der Waals surface area contributed by atoms with Crippen molar-refractivity contribution in [2.45, 2.75) is 45.2 Å². The van der Waals surface area contributed by atoms with Crippen molar-refractivity contribution in [1.29, 1.82) is 0 Å². The molecule has 0 radical (unpaired) electrons. The molecular weight excluding hydrogens is 242 g/mol. The Bertz CT molecular complexity index is 423. The number of hydrazine groups is 1. The third-order valence-electron chi connectivity index (χ3n) is 3.56. The van der Waals surface area contributed by atoms with Gasteiger partial charge in [0.25, 0.3) is 5.91 Å². The van der Waals surface area contributed by atoms with E-state index in [1.807, 2.05) is 0 Å². The minimum atomic E-state index is -0.223. The van der Waals surface area contributed by atoms with Crippen LogP contribution in [0.4, 0.5) is 5.82 Å². The molecular formula is C13H21N5O. The highest BCUT2D eigenvalue weighted by Crippen LogP contribution is 2.22. The van der Waals surface area contributed by atoms with Gasteiger partial charge in [0.2, 0.25) is 0 Å². The van der Waals surface area contributed by atoms with Crippen LogP contribution in [0.3, 0.4) is 0 Å². The van der Waals surface area contributed by atoms with Crippen LogP contribution in [0.15, 0.2) is 12.1 Å². The number of piperidine rings is 1. The van der Waals surface area contributed by atoms with E-state index in [1.54, 1.807) is 19.2 Å². The van der Waals surface area contributed by atoms with Crippen molar-refractivity contribution in [1.82, 2.24) is 20.5 Å². The van der Waals surface area contributed by atoms with Gasteiger partial charge in [-0.2, -0.15) is 0 Å². The fourth-order valence-corrected chi connectivity index (χ4v) is 2.41. The maximum atomic E-state index is 11.4. The molecule has 2 rings (SSSR count). The summed E-state index contributed by atoms with van der Waals surface area (Å²) in [5.74, 6) is 0.451. The van der Waals surface area contributed by atoms with Crippen molar-refractivity contribution >= 4 is 11.7 Å². The zero-order chi connectivity index (χ0) is 13.8. The molecule has 2 atom stereocenters. The molecule has 0 aromatic carbocycles. The van der Waals surface area contributed by atoms with Crippen molar-refractivity contribution < 1.29 is 4.79 Å². The van der Waals surface area contributed by atoms with Gasteiger partial charge in [-0.05, 0) is 38.8 Å². The Balaban J connectivity index is 2.04. The highest BCUT2D eigenvalue weighted by Gasteiger charge is 2.24. The first-order chi connectivity index (χ1) is 9.11. The topological polar surface area (TPSA) is 70.2 Å². The van der Waals surface area contributed by atoms with E-state index in [4.69, 9.17) is 0 Å². The second-order valence-electron chi connectivity index (χ2n) is 5.03. The van der Waals surface area contributed by atoms with Gasteiger partial charge in [0.05, 0.1) is 0 Å². The Morgan fingerprint density at radius 2 is 1.95 bits per heavy atom. The van der Waals surface area contributed by atoms with Gasteiger partial charge in [-0.25, -0.2) is 5.01 Å². The lowest BCUT2D eigenvalue weighted by molar-refractivity contribution is 0.0957. The van der Waals surface area contributed by atoms with Crippen LogP contribution in [0.5, 0.6) is 0 Å². The fourth-order valence-electron chi connectivity index (χ4n) is 2.41. The maximum absolute atomic E-state index is 11.4. The molecule has 2 unspecified atom stereocenters. The van der Waals surface area contributed by atoms with Gasteiger partial charge in [0, 0.05) is 19.1 Å². The lowest BCUT2D eigenvalue weighted by Crippen LogP contribution is -2.47. The summed E-state index contributed by atoms with van der Waals surface area (Å²) in [4.78, 5) is 11.4. The minimum Gasteiger partial charge on any atom is -0.354 e. The van der Waals surface area contributed by atoms with E-state index in [0.29, 0.717) is 23.6 Å². The van der Waals surface area contributed by atoms with Crippen molar-refractivity contribution in [3.8, 4) is 0 Å². The lowest BCUT2D eigenvalue weighted by atomic mass is 10.00. The van der Waals surface area contributed by atoms with Gasteiger partial charge in [-0.3, -0.25) is 4.79 Å². The van der Waals surface area contributed by atoms with Crippen LogP contribution in [0.2, 0.25) is 0 Å². The van der Waals surface area contributed by atoms with Gasteiger partial charge in [-0.15, -0.1) is 10.2 Å². The Kier molecular flexibility index (Phi) is 4.31. The first-order valence-corrected chi connectivity index (χ1v) is 6.72. The normalized spacial score (nSPS) is 23.9. The molecule has 6 heteroatoms. The number of carbonyl (C=O) groups is 1. The minimum absolute atomic E-state index is 0.223. The van der Waals surface area contributed by atoms with Crippen LogP contribution in [0.1, 0.15) is 43.6 Å². The smallest absolute Gasteiger partial charge is 0.271 e. The molecule has 104 valence electrons. The van der Waals surface area contributed by atoms with Crippen LogP contribution >= 0.6 is 0 Å². The number of hydrogen-bond acceptors (Lipinski definition) is 5. The summed E-state index contributed by atoms with van der Waals surface area (Å²) in [5.41, 5.74) is 3.62. The number of rotatable bonds is 3. The molecule has 1 saturated heterocycles. The highest BCUT2D eigenvalue weighted by atomic mass is 16.1. The first kappa shape index (κ1) is 13.7.